The minimum atomic E-state index is 0.456. The van der Waals surface area contributed by atoms with Crippen LogP contribution in [0.25, 0.3) is 11.0 Å². The maximum atomic E-state index is 6.01. The predicted molar refractivity (Wildman–Crippen MR) is 76.5 cm³/mol. The van der Waals surface area contributed by atoms with Gasteiger partial charge >= 0.3 is 0 Å². The fourth-order valence-corrected chi connectivity index (χ4v) is 2.75. The minimum absolute atomic E-state index is 0.456. The number of alkyl halides is 1. The second-order valence-corrected chi connectivity index (χ2v) is 5.02. The Morgan fingerprint density at radius 2 is 1.95 bits per heavy atom. The second kappa shape index (κ2) is 5.90. The number of hydrogen-bond donors (Lipinski definition) is 0. The number of benzene rings is 1. The normalized spacial score (nSPS) is 17.1. The predicted octanol–water partition coefficient (Wildman–Crippen LogP) is 2.11. The van der Waals surface area contributed by atoms with Crippen molar-refractivity contribution in [2.75, 3.05) is 32.8 Å². The minimum Gasteiger partial charge on any atom is -0.379 e. The Kier molecular flexibility index (Phi) is 4.01. The fourth-order valence-electron chi connectivity index (χ4n) is 2.54. The monoisotopic (exact) mass is 279 g/mol. The van der Waals surface area contributed by atoms with E-state index >= 15 is 0 Å². The van der Waals surface area contributed by atoms with E-state index in [1.165, 1.54) is 5.52 Å². The zero-order valence-electron chi connectivity index (χ0n) is 10.9. The summed E-state index contributed by atoms with van der Waals surface area (Å²) in [5.41, 5.74) is 2.20. The highest BCUT2D eigenvalue weighted by Gasteiger charge is 2.13. The van der Waals surface area contributed by atoms with Gasteiger partial charge in [0.25, 0.3) is 0 Å². The van der Waals surface area contributed by atoms with Crippen LogP contribution in [-0.4, -0.2) is 47.3 Å². The third-order valence-corrected chi connectivity index (χ3v) is 3.84. The van der Waals surface area contributed by atoms with Crippen molar-refractivity contribution in [3.8, 4) is 0 Å². The molecule has 102 valence electrons. The number of ether oxygens (including phenoxy) is 1. The fraction of sp³-hybridized carbons (Fsp3) is 0.500. The van der Waals surface area contributed by atoms with E-state index in [0.717, 1.165) is 50.7 Å². The summed E-state index contributed by atoms with van der Waals surface area (Å²) in [7, 11) is 0. The van der Waals surface area contributed by atoms with Gasteiger partial charge in [0.2, 0.25) is 0 Å². The molecule has 3 rings (SSSR count). The summed E-state index contributed by atoms with van der Waals surface area (Å²) >= 11 is 6.01. The summed E-state index contributed by atoms with van der Waals surface area (Å²) in [4.78, 5) is 7.01. The largest absolute Gasteiger partial charge is 0.379 e. The Hall–Kier alpha value is -1.10. The third kappa shape index (κ3) is 2.76. The molecule has 0 radical (unpaired) electrons. The summed E-state index contributed by atoms with van der Waals surface area (Å²) in [5, 5.41) is 0. The smallest absolute Gasteiger partial charge is 0.124 e. The molecule has 1 saturated heterocycles. The zero-order valence-corrected chi connectivity index (χ0v) is 11.6. The molecule has 19 heavy (non-hydrogen) atoms. The first-order valence-corrected chi connectivity index (χ1v) is 7.22. The molecule has 4 nitrogen and oxygen atoms in total. The van der Waals surface area contributed by atoms with Crippen molar-refractivity contribution in [2.24, 2.45) is 0 Å². The Bertz CT molecular complexity index is 549. The van der Waals surface area contributed by atoms with E-state index in [1.54, 1.807) is 0 Å². The lowest BCUT2D eigenvalue weighted by molar-refractivity contribution is 0.0364. The first-order valence-electron chi connectivity index (χ1n) is 6.68. The Balaban J connectivity index is 1.78. The molecule has 1 fully saturated rings. The van der Waals surface area contributed by atoms with Gasteiger partial charge in [-0.1, -0.05) is 12.1 Å². The summed E-state index contributed by atoms with van der Waals surface area (Å²) in [6, 6.07) is 8.21. The molecule has 0 aliphatic carbocycles. The van der Waals surface area contributed by atoms with Crippen molar-refractivity contribution in [3.63, 3.8) is 0 Å². The maximum Gasteiger partial charge on any atom is 0.124 e. The van der Waals surface area contributed by atoms with E-state index in [2.05, 4.69) is 20.5 Å². The van der Waals surface area contributed by atoms with Crippen LogP contribution in [0.1, 0.15) is 5.82 Å². The number of fused-ring (bicyclic) bond motifs is 1. The topological polar surface area (TPSA) is 30.3 Å². The van der Waals surface area contributed by atoms with Crippen molar-refractivity contribution < 1.29 is 4.74 Å². The summed E-state index contributed by atoms with van der Waals surface area (Å²) < 4.78 is 7.60. The molecule has 0 unspecified atom stereocenters. The molecule has 5 heteroatoms. The van der Waals surface area contributed by atoms with E-state index in [4.69, 9.17) is 16.3 Å². The van der Waals surface area contributed by atoms with Gasteiger partial charge in [-0.3, -0.25) is 4.90 Å². The van der Waals surface area contributed by atoms with Crippen LogP contribution in [0.4, 0.5) is 0 Å². The van der Waals surface area contributed by atoms with Crippen molar-refractivity contribution in [2.45, 2.75) is 12.4 Å². The molecule has 1 aliphatic rings. The van der Waals surface area contributed by atoms with Gasteiger partial charge in [0.1, 0.15) is 5.82 Å². The number of imidazole rings is 1. The van der Waals surface area contributed by atoms with Crippen molar-refractivity contribution in [1.82, 2.24) is 14.5 Å². The van der Waals surface area contributed by atoms with Gasteiger partial charge in [-0.25, -0.2) is 4.98 Å². The molecular formula is C14H18ClN3O. The van der Waals surface area contributed by atoms with Crippen LogP contribution in [-0.2, 0) is 17.2 Å². The van der Waals surface area contributed by atoms with E-state index in [1.807, 2.05) is 18.2 Å². The summed E-state index contributed by atoms with van der Waals surface area (Å²) in [5.74, 6) is 1.41. The summed E-state index contributed by atoms with van der Waals surface area (Å²) in [6.07, 6.45) is 0. The molecule has 2 aromatic rings. The molecule has 0 bridgehead atoms. The van der Waals surface area contributed by atoms with Gasteiger partial charge in [0, 0.05) is 26.2 Å². The van der Waals surface area contributed by atoms with E-state index in [9.17, 15) is 0 Å². The highest BCUT2D eigenvalue weighted by atomic mass is 35.5. The maximum absolute atomic E-state index is 6.01. The van der Waals surface area contributed by atoms with Crippen LogP contribution in [0.2, 0.25) is 0 Å². The molecular weight excluding hydrogens is 262 g/mol. The number of nitrogens with zero attached hydrogens (tertiary/aromatic N) is 3. The van der Waals surface area contributed by atoms with E-state index in [-0.39, 0.29) is 0 Å². The first-order chi connectivity index (χ1) is 9.38. The Morgan fingerprint density at radius 1 is 1.16 bits per heavy atom. The van der Waals surface area contributed by atoms with Crippen LogP contribution < -0.4 is 0 Å². The molecule has 0 N–H and O–H groups in total. The number of morpholine rings is 1. The van der Waals surface area contributed by atoms with Crippen molar-refractivity contribution in [3.05, 3.63) is 30.1 Å². The van der Waals surface area contributed by atoms with E-state index < -0.39 is 0 Å². The highest BCUT2D eigenvalue weighted by molar-refractivity contribution is 6.16. The average molecular weight is 280 g/mol. The lowest BCUT2D eigenvalue weighted by Crippen LogP contribution is -2.38. The van der Waals surface area contributed by atoms with Crippen LogP contribution in [0.3, 0.4) is 0 Å². The molecule has 2 heterocycles. The molecule has 1 aromatic heterocycles. The van der Waals surface area contributed by atoms with Gasteiger partial charge in [0.05, 0.1) is 30.1 Å². The number of aromatic nitrogens is 2. The van der Waals surface area contributed by atoms with Crippen molar-refractivity contribution >= 4 is 22.6 Å². The lowest BCUT2D eigenvalue weighted by atomic mass is 10.3. The summed E-state index contributed by atoms with van der Waals surface area (Å²) in [6.45, 7) is 5.67. The number of rotatable bonds is 4. The number of hydrogen-bond acceptors (Lipinski definition) is 3. The van der Waals surface area contributed by atoms with Gasteiger partial charge in [-0.05, 0) is 12.1 Å². The number of para-hydroxylation sites is 2. The van der Waals surface area contributed by atoms with Crippen molar-refractivity contribution in [1.29, 1.82) is 0 Å². The molecule has 0 amide bonds. The average Bonchev–Trinajstić information content (AvgIpc) is 2.84. The molecule has 1 aromatic carbocycles. The standard InChI is InChI=1S/C14H18ClN3O/c15-11-14-16-12-3-1-2-4-13(12)18(14)6-5-17-7-9-19-10-8-17/h1-4H,5-11H2. The van der Waals surface area contributed by atoms with Crippen LogP contribution in [0.15, 0.2) is 24.3 Å². The van der Waals surface area contributed by atoms with Crippen LogP contribution in [0, 0.1) is 0 Å². The van der Waals surface area contributed by atoms with E-state index in [0.29, 0.717) is 5.88 Å². The van der Waals surface area contributed by atoms with Gasteiger partial charge in [0.15, 0.2) is 0 Å². The Labute approximate surface area is 117 Å². The van der Waals surface area contributed by atoms with Crippen LogP contribution >= 0.6 is 11.6 Å². The van der Waals surface area contributed by atoms with Gasteiger partial charge in [-0.2, -0.15) is 0 Å². The Morgan fingerprint density at radius 3 is 2.74 bits per heavy atom. The third-order valence-electron chi connectivity index (χ3n) is 3.60. The highest BCUT2D eigenvalue weighted by Crippen LogP contribution is 2.17. The molecule has 0 atom stereocenters. The first kappa shape index (κ1) is 12.9. The van der Waals surface area contributed by atoms with Gasteiger partial charge in [-0.15, -0.1) is 11.6 Å². The molecule has 0 spiro atoms. The lowest BCUT2D eigenvalue weighted by Gasteiger charge is -2.26. The quantitative estimate of drug-likeness (QED) is 0.803. The molecule has 0 saturated carbocycles. The molecule has 1 aliphatic heterocycles. The number of halogens is 1. The SMILES string of the molecule is ClCc1nc2ccccc2n1CCN1CCOCC1. The van der Waals surface area contributed by atoms with Gasteiger partial charge < -0.3 is 9.30 Å². The van der Waals surface area contributed by atoms with Crippen LogP contribution in [0.5, 0.6) is 0 Å². The zero-order chi connectivity index (χ0) is 13.1. The second-order valence-electron chi connectivity index (χ2n) is 4.76.